The zero-order chi connectivity index (χ0) is 34.5. The molecule has 2 N–H and O–H groups in total. The molecule has 3 heterocycles. The molecule has 0 radical (unpaired) electrons. The summed E-state index contributed by atoms with van der Waals surface area (Å²) < 4.78 is 34.0. The molecule has 2 fully saturated rings. The largest absolute Gasteiger partial charge is 0.508 e. The Labute approximate surface area is 286 Å². The lowest BCUT2D eigenvalue weighted by Crippen LogP contribution is -2.63. The maximum Gasteiger partial charge on any atom is 0.508 e. The van der Waals surface area contributed by atoms with Gasteiger partial charge in [-0.3, -0.25) is 10.1 Å². The third kappa shape index (κ3) is 8.55. The number of nitrogens with one attached hydrogen (secondary N) is 1. The number of fused-ring (bicyclic) bond motifs is 5. The highest BCUT2D eigenvalue weighted by Gasteiger charge is 2.64. The van der Waals surface area contributed by atoms with E-state index >= 15 is 0 Å². The summed E-state index contributed by atoms with van der Waals surface area (Å²) in [6, 6.07) is 3.60. The normalized spacial score (nSPS) is 33.0. The number of amides is 2. The Hall–Kier alpha value is -2.97. The van der Waals surface area contributed by atoms with Crippen LogP contribution in [0.25, 0.3) is 0 Å². The average Bonchev–Trinajstić information content (AvgIpc) is 3.72. The van der Waals surface area contributed by atoms with Crippen LogP contribution in [0.2, 0.25) is 5.02 Å². The number of ether oxygens (including phenoxy) is 6. The summed E-state index contributed by atoms with van der Waals surface area (Å²) in [6.07, 6.45) is 1.67. The highest BCUT2D eigenvalue weighted by molar-refractivity contribution is 7.80. The molecule has 0 saturated carbocycles. The standard InChI is InChI=1S/C33H45ClN2O10S/c1-19-10-9-11-25(42-6)33(40)18-24(44-30(38)35-33)20(2)29-32(3,46-29)26(45-31(39)43-12-7-8-13-47)17-27(37)36(4)22-15-21(14-19)16-23(41-5)28(22)34/h9-11,15-16,20,24-26,29,40,47H,7-8,12-14,17-18H2,1-6H3,(H,35,38)/b11-9+,19-10+. The van der Waals surface area contributed by atoms with Crippen molar-refractivity contribution in [2.24, 2.45) is 5.92 Å². The molecule has 3 aliphatic rings. The Morgan fingerprint density at radius 3 is 2.68 bits per heavy atom. The van der Waals surface area contributed by atoms with Crippen molar-refractivity contribution >= 4 is 48.1 Å². The van der Waals surface area contributed by atoms with E-state index in [9.17, 15) is 19.5 Å². The first kappa shape index (κ1) is 36.9. The molecular weight excluding hydrogens is 652 g/mol. The predicted molar refractivity (Wildman–Crippen MR) is 178 cm³/mol. The first-order valence-electron chi connectivity index (χ1n) is 15.6. The monoisotopic (exact) mass is 696 g/mol. The summed E-state index contributed by atoms with van der Waals surface area (Å²) in [5, 5.41) is 14.4. The number of aliphatic hydroxyl groups is 1. The molecule has 3 aliphatic heterocycles. The van der Waals surface area contributed by atoms with Crippen LogP contribution in [0.5, 0.6) is 5.75 Å². The van der Waals surface area contributed by atoms with Crippen molar-refractivity contribution in [1.82, 2.24) is 5.32 Å². The van der Waals surface area contributed by atoms with Gasteiger partial charge in [-0.1, -0.05) is 42.3 Å². The van der Waals surface area contributed by atoms with Gasteiger partial charge in [-0.25, -0.2) is 9.59 Å². The van der Waals surface area contributed by atoms with Gasteiger partial charge in [0.1, 0.15) is 34.7 Å². The van der Waals surface area contributed by atoms with Gasteiger partial charge < -0.3 is 38.4 Å². The number of hydrogen-bond acceptors (Lipinski definition) is 11. The number of allylic oxidation sites excluding steroid dienone is 3. The second-order valence-corrected chi connectivity index (χ2v) is 13.3. The molecule has 4 bridgehead atoms. The summed E-state index contributed by atoms with van der Waals surface area (Å²) in [7, 11) is 4.52. The van der Waals surface area contributed by atoms with Gasteiger partial charge in [0.25, 0.3) is 0 Å². The molecule has 2 amide bonds. The maximum absolute atomic E-state index is 13.9. The number of hydrogen-bond donors (Lipinski definition) is 3. The van der Waals surface area contributed by atoms with Crippen LogP contribution in [0, 0.1) is 5.92 Å². The topological polar surface area (TPSA) is 145 Å². The van der Waals surface area contributed by atoms with Crippen LogP contribution >= 0.6 is 24.2 Å². The van der Waals surface area contributed by atoms with E-state index < -0.39 is 59.8 Å². The maximum atomic E-state index is 13.9. The van der Waals surface area contributed by atoms with E-state index in [-0.39, 0.29) is 24.5 Å². The second kappa shape index (κ2) is 15.5. The van der Waals surface area contributed by atoms with Crippen LogP contribution in [0.3, 0.4) is 0 Å². The predicted octanol–water partition coefficient (Wildman–Crippen LogP) is 4.99. The number of alkyl carbamates (subject to hydrolysis) is 1. The molecule has 0 aliphatic carbocycles. The molecule has 7 atom stereocenters. The minimum atomic E-state index is -1.79. The third-order valence-corrected chi connectivity index (χ3v) is 9.66. The van der Waals surface area contributed by atoms with Crippen LogP contribution in [-0.4, -0.2) is 92.6 Å². The Bertz CT molecular complexity index is 1390. The summed E-state index contributed by atoms with van der Waals surface area (Å²) in [6.45, 7) is 5.60. The van der Waals surface area contributed by atoms with Gasteiger partial charge in [0.15, 0.2) is 5.72 Å². The van der Waals surface area contributed by atoms with Crippen LogP contribution < -0.4 is 15.0 Å². The quantitative estimate of drug-likeness (QED) is 0.154. The smallest absolute Gasteiger partial charge is 0.495 e. The van der Waals surface area contributed by atoms with Crippen molar-refractivity contribution in [2.45, 2.75) is 88.6 Å². The van der Waals surface area contributed by atoms with E-state index in [1.54, 1.807) is 38.3 Å². The Morgan fingerprint density at radius 1 is 1.26 bits per heavy atom. The Morgan fingerprint density at radius 2 is 2.00 bits per heavy atom. The molecule has 1 aromatic carbocycles. The number of anilines is 1. The SMILES string of the molecule is COc1cc2cc(c1Cl)N(C)C(=O)CC(OC(=O)OCCCCS)C1(C)OC1C(C)C1CC(O)(NC(=O)O1)C(OC)/C=C/C=C(\C)C2. The van der Waals surface area contributed by atoms with Gasteiger partial charge in [0, 0.05) is 26.5 Å². The minimum Gasteiger partial charge on any atom is -0.495 e. The lowest BCUT2D eigenvalue weighted by Gasteiger charge is -2.42. The van der Waals surface area contributed by atoms with Crippen molar-refractivity contribution in [3.8, 4) is 5.75 Å². The van der Waals surface area contributed by atoms with Gasteiger partial charge in [0.2, 0.25) is 5.91 Å². The van der Waals surface area contributed by atoms with Crippen molar-refractivity contribution in [3.63, 3.8) is 0 Å². The Balaban J connectivity index is 1.74. The number of benzene rings is 1. The molecule has 1 aromatic rings. The van der Waals surface area contributed by atoms with E-state index in [1.165, 1.54) is 19.1 Å². The van der Waals surface area contributed by atoms with Gasteiger partial charge in [-0.15, -0.1) is 0 Å². The highest BCUT2D eigenvalue weighted by atomic mass is 35.5. The van der Waals surface area contributed by atoms with Crippen LogP contribution in [-0.2, 0) is 34.9 Å². The second-order valence-electron chi connectivity index (χ2n) is 12.4. The number of rotatable bonds is 7. The first-order chi connectivity index (χ1) is 22.3. The lowest BCUT2D eigenvalue weighted by atomic mass is 9.83. The van der Waals surface area contributed by atoms with E-state index in [1.807, 2.05) is 19.9 Å². The number of carbonyl (C=O) groups is 3. The number of unbranched alkanes of at least 4 members (excludes halogenated alkanes) is 1. The summed E-state index contributed by atoms with van der Waals surface area (Å²) >= 11 is 10.9. The summed E-state index contributed by atoms with van der Waals surface area (Å²) in [4.78, 5) is 40.8. The van der Waals surface area contributed by atoms with Gasteiger partial charge in [-0.05, 0) is 56.6 Å². The van der Waals surface area contributed by atoms with Crippen LogP contribution in [0.15, 0.2) is 35.9 Å². The average molecular weight is 697 g/mol. The molecule has 260 valence electrons. The fourth-order valence-electron chi connectivity index (χ4n) is 6.12. The van der Waals surface area contributed by atoms with E-state index in [0.717, 1.165) is 17.6 Å². The Kier molecular flexibility index (Phi) is 12.2. The molecule has 12 nitrogen and oxygen atoms in total. The number of epoxide rings is 1. The number of nitrogens with zero attached hydrogens (tertiary/aromatic N) is 1. The first-order valence-corrected chi connectivity index (χ1v) is 16.6. The molecule has 0 spiro atoms. The molecule has 14 heteroatoms. The number of halogens is 1. The summed E-state index contributed by atoms with van der Waals surface area (Å²) in [5.74, 6) is 0.154. The summed E-state index contributed by atoms with van der Waals surface area (Å²) in [5.41, 5.74) is -0.755. The van der Waals surface area contributed by atoms with Crippen LogP contribution in [0.1, 0.15) is 52.0 Å². The number of thiol groups is 1. The number of methoxy groups -OCH3 is 2. The molecular formula is C33H45ClN2O10S. The molecule has 0 aromatic heterocycles. The van der Waals surface area contributed by atoms with E-state index in [4.69, 9.17) is 40.0 Å². The molecule has 4 rings (SSSR count). The van der Waals surface area contributed by atoms with Crippen molar-refractivity contribution in [1.29, 1.82) is 0 Å². The highest BCUT2D eigenvalue weighted by Crippen LogP contribution is 2.49. The van der Waals surface area contributed by atoms with Crippen molar-refractivity contribution < 1.29 is 47.9 Å². The molecule has 2 saturated heterocycles. The van der Waals surface area contributed by atoms with E-state index in [2.05, 4.69) is 17.9 Å². The zero-order valence-corrected chi connectivity index (χ0v) is 29.3. The fraction of sp³-hybridized carbons (Fsp3) is 0.606. The molecule has 7 unspecified atom stereocenters. The van der Waals surface area contributed by atoms with Gasteiger partial charge in [-0.2, -0.15) is 12.6 Å². The zero-order valence-electron chi connectivity index (χ0n) is 27.6. The van der Waals surface area contributed by atoms with Crippen LogP contribution in [0.4, 0.5) is 15.3 Å². The van der Waals surface area contributed by atoms with Crippen molar-refractivity contribution in [2.75, 3.05) is 38.5 Å². The van der Waals surface area contributed by atoms with Gasteiger partial charge in [0.05, 0.1) is 31.9 Å². The fourth-order valence-corrected chi connectivity index (χ4v) is 6.66. The lowest BCUT2D eigenvalue weighted by molar-refractivity contribution is -0.142. The molecule has 47 heavy (non-hydrogen) atoms. The van der Waals surface area contributed by atoms with E-state index in [0.29, 0.717) is 30.0 Å². The van der Waals surface area contributed by atoms with Crippen molar-refractivity contribution in [3.05, 3.63) is 46.5 Å². The third-order valence-electron chi connectivity index (χ3n) is 8.96. The minimum absolute atomic E-state index is 0.0219. The van der Waals surface area contributed by atoms with Gasteiger partial charge >= 0.3 is 12.2 Å². The number of carbonyl (C=O) groups excluding carboxylic acids is 3.